The van der Waals surface area contributed by atoms with Gasteiger partial charge < -0.3 is 5.32 Å². The molecule has 0 aliphatic heterocycles. The second-order valence-electron chi connectivity index (χ2n) is 3.84. The molecule has 1 N–H and O–H groups in total. The Hall–Kier alpha value is -1.26. The van der Waals surface area contributed by atoms with Gasteiger partial charge in [-0.3, -0.25) is 0 Å². The minimum Gasteiger partial charge on any atom is -0.366 e. The molecule has 1 aromatic heterocycles. The first-order valence-corrected chi connectivity index (χ1v) is 7.16. The Labute approximate surface area is 116 Å². The van der Waals surface area contributed by atoms with E-state index in [1.807, 2.05) is 18.4 Å². The zero-order valence-electron chi connectivity index (χ0n) is 10.3. The summed E-state index contributed by atoms with van der Waals surface area (Å²) in [5.74, 6) is 0.752. The Kier molecular flexibility index (Phi) is 4.44. The minimum absolute atomic E-state index is 0.460. The highest BCUT2D eigenvalue weighted by Crippen LogP contribution is 2.18. The first-order valence-electron chi connectivity index (χ1n) is 5.56. The molecule has 18 heavy (non-hydrogen) atoms. The Morgan fingerprint density at radius 1 is 1.28 bits per heavy atom. The summed E-state index contributed by atoms with van der Waals surface area (Å²) in [5, 5.41) is 4.40. The highest BCUT2D eigenvalue weighted by molar-refractivity contribution is 7.98. The molecule has 0 atom stereocenters. The summed E-state index contributed by atoms with van der Waals surface area (Å²) in [6, 6.07) is 9.99. The Morgan fingerprint density at radius 3 is 2.78 bits per heavy atom. The van der Waals surface area contributed by atoms with Crippen LogP contribution in [-0.2, 0) is 6.54 Å². The predicted octanol–water partition coefficient (Wildman–Crippen LogP) is 3.77. The molecule has 0 radical (unpaired) electrons. The molecule has 0 spiro atoms. The summed E-state index contributed by atoms with van der Waals surface area (Å²) in [5.41, 5.74) is 2.51. The molecule has 1 aromatic carbocycles. The standard InChI is InChI=1S/C13H14ClN3S/c1-9-5-3-4-6-10(9)8-15-12-7-11(14)16-13(17-12)18-2/h3-7H,8H2,1-2H3,(H,15,16,17). The second kappa shape index (κ2) is 6.07. The van der Waals surface area contributed by atoms with Crippen LogP contribution in [0.5, 0.6) is 0 Å². The average molecular weight is 280 g/mol. The molecule has 0 saturated heterocycles. The molecule has 2 rings (SSSR count). The lowest BCUT2D eigenvalue weighted by Crippen LogP contribution is -2.04. The maximum Gasteiger partial charge on any atom is 0.190 e. The van der Waals surface area contributed by atoms with Crippen LogP contribution in [0.25, 0.3) is 0 Å². The highest BCUT2D eigenvalue weighted by atomic mass is 35.5. The molecule has 0 aliphatic carbocycles. The molecule has 0 aliphatic rings. The van der Waals surface area contributed by atoms with Crippen molar-refractivity contribution in [3.05, 3.63) is 46.6 Å². The van der Waals surface area contributed by atoms with Gasteiger partial charge in [-0.25, -0.2) is 9.97 Å². The van der Waals surface area contributed by atoms with Gasteiger partial charge in [-0.05, 0) is 24.3 Å². The number of hydrogen-bond acceptors (Lipinski definition) is 4. The van der Waals surface area contributed by atoms with Crippen LogP contribution in [-0.4, -0.2) is 16.2 Å². The molecule has 0 fully saturated rings. The van der Waals surface area contributed by atoms with Crippen molar-refractivity contribution < 1.29 is 0 Å². The Bertz CT molecular complexity index is 546. The fourth-order valence-electron chi connectivity index (χ4n) is 1.57. The van der Waals surface area contributed by atoms with Gasteiger partial charge in [0.15, 0.2) is 5.16 Å². The second-order valence-corrected chi connectivity index (χ2v) is 5.00. The quantitative estimate of drug-likeness (QED) is 0.525. The first kappa shape index (κ1) is 13.2. The van der Waals surface area contributed by atoms with Crippen molar-refractivity contribution in [3.8, 4) is 0 Å². The van der Waals surface area contributed by atoms with Gasteiger partial charge in [-0.2, -0.15) is 0 Å². The van der Waals surface area contributed by atoms with Crippen LogP contribution in [0.1, 0.15) is 11.1 Å². The molecule has 0 unspecified atom stereocenters. The molecule has 0 saturated carbocycles. The number of nitrogens with zero attached hydrogens (tertiary/aromatic N) is 2. The molecule has 0 bridgehead atoms. The number of rotatable bonds is 4. The van der Waals surface area contributed by atoms with Gasteiger partial charge in [-0.15, -0.1) is 0 Å². The first-order chi connectivity index (χ1) is 8.69. The van der Waals surface area contributed by atoms with Gasteiger partial charge in [0.2, 0.25) is 0 Å². The lowest BCUT2D eigenvalue weighted by molar-refractivity contribution is 0.955. The van der Waals surface area contributed by atoms with Gasteiger partial charge >= 0.3 is 0 Å². The molecule has 0 amide bonds. The van der Waals surface area contributed by atoms with Crippen LogP contribution in [0.3, 0.4) is 0 Å². The number of benzene rings is 1. The molecular weight excluding hydrogens is 266 g/mol. The third-order valence-corrected chi connectivity index (χ3v) is 3.32. The van der Waals surface area contributed by atoms with Gasteiger partial charge in [0.25, 0.3) is 0 Å². The van der Waals surface area contributed by atoms with Gasteiger partial charge in [0, 0.05) is 12.6 Å². The van der Waals surface area contributed by atoms with Crippen molar-refractivity contribution in [1.82, 2.24) is 9.97 Å². The van der Waals surface area contributed by atoms with E-state index in [0.717, 1.165) is 12.4 Å². The number of aryl methyl sites for hydroxylation is 1. The molecular formula is C13H14ClN3S. The van der Waals surface area contributed by atoms with E-state index in [1.165, 1.54) is 22.9 Å². The van der Waals surface area contributed by atoms with Crippen LogP contribution in [0.2, 0.25) is 5.15 Å². The smallest absolute Gasteiger partial charge is 0.190 e. The molecule has 3 nitrogen and oxygen atoms in total. The molecule has 1 heterocycles. The van der Waals surface area contributed by atoms with Crippen molar-refractivity contribution in [3.63, 3.8) is 0 Å². The molecule has 2 aromatic rings. The number of aromatic nitrogens is 2. The van der Waals surface area contributed by atoms with Crippen molar-refractivity contribution in [2.45, 2.75) is 18.6 Å². The normalized spacial score (nSPS) is 10.4. The van der Waals surface area contributed by atoms with Crippen molar-refractivity contribution in [2.24, 2.45) is 0 Å². The van der Waals surface area contributed by atoms with Crippen LogP contribution in [0.15, 0.2) is 35.5 Å². The fourth-order valence-corrected chi connectivity index (χ4v) is 2.19. The Morgan fingerprint density at radius 2 is 2.06 bits per heavy atom. The van der Waals surface area contributed by atoms with E-state index in [-0.39, 0.29) is 0 Å². The number of hydrogen-bond donors (Lipinski definition) is 1. The largest absolute Gasteiger partial charge is 0.366 e. The lowest BCUT2D eigenvalue weighted by atomic mass is 10.1. The maximum absolute atomic E-state index is 5.94. The maximum atomic E-state index is 5.94. The highest BCUT2D eigenvalue weighted by Gasteiger charge is 2.03. The van der Waals surface area contributed by atoms with E-state index in [1.54, 1.807) is 6.07 Å². The summed E-state index contributed by atoms with van der Waals surface area (Å²) in [7, 11) is 0. The van der Waals surface area contributed by atoms with Crippen LogP contribution < -0.4 is 5.32 Å². The summed E-state index contributed by atoms with van der Waals surface area (Å²) in [6.45, 7) is 2.82. The zero-order valence-corrected chi connectivity index (χ0v) is 11.8. The molecule has 5 heteroatoms. The SMILES string of the molecule is CSc1nc(Cl)cc(NCc2ccccc2C)n1. The van der Waals surface area contributed by atoms with Crippen LogP contribution in [0.4, 0.5) is 5.82 Å². The number of anilines is 1. The lowest BCUT2D eigenvalue weighted by Gasteiger charge is -2.09. The Balaban J connectivity index is 2.11. The zero-order chi connectivity index (χ0) is 13.0. The fraction of sp³-hybridized carbons (Fsp3) is 0.231. The van der Waals surface area contributed by atoms with E-state index in [2.05, 4.69) is 34.3 Å². The van der Waals surface area contributed by atoms with E-state index in [0.29, 0.717) is 10.3 Å². The van der Waals surface area contributed by atoms with E-state index >= 15 is 0 Å². The minimum atomic E-state index is 0.460. The third-order valence-electron chi connectivity index (χ3n) is 2.58. The van der Waals surface area contributed by atoms with Crippen molar-refractivity contribution in [1.29, 1.82) is 0 Å². The van der Waals surface area contributed by atoms with Gasteiger partial charge in [0.1, 0.15) is 11.0 Å². The average Bonchev–Trinajstić information content (AvgIpc) is 2.37. The topological polar surface area (TPSA) is 37.8 Å². The van der Waals surface area contributed by atoms with E-state index in [4.69, 9.17) is 11.6 Å². The number of thioether (sulfide) groups is 1. The van der Waals surface area contributed by atoms with Crippen LogP contribution >= 0.6 is 23.4 Å². The van der Waals surface area contributed by atoms with Crippen molar-refractivity contribution in [2.75, 3.05) is 11.6 Å². The monoisotopic (exact) mass is 279 g/mol. The number of nitrogens with one attached hydrogen (secondary N) is 1. The number of halogens is 1. The summed E-state index contributed by atoms with van der Waals surface area (Å²) in [6.07, 6.45) is 1.93. The van der Waals surface area contributed by atoms with Crippen LogP contribution in [0, 0.1) is 6.92 Å². The van der Waals surface area contributed by atoms with Gasteiger partial charge in [-0.1, -0.05) is 47.6 Å². The summed E-state index contributed by atoms with van der Waals surface area (Å²) in [4.78, 5) is 8.46. The predicted molar refractivity (Wildman–Crippen MR) is 77.3 cm³/mol. The van der Waals surface area contributed by atoms with E-state index < -0.39 is 0 Å². The van der Waals surface area contributed by atoms with Gasteiger partial charge in [0.05, 0.1) is 0 Å². The molecule has 94 valence electrons. The van der Waals surface area contributed by atoms with Crippen molar-refractivity contribution >= 4 is 29.2 Å². The summed E-state index contributed by atoms with van der Waals surface area (Å²) >= 11 is 7.41. The third kappa shape index (κ3) is 3.37. The van der Waals surface area contributed by atoms with E-state index in [9.17, 15) is 0 Å². The summed E-state index contributed by atoms with van der Waals surface area (Å²) < 4.78 is 0.